The molecule has 0 bridgehead atoms. The van der Waals surface area contributed by atoms with Gasteiger partial charge in [0, 0.05) is 24.0 Å². The zero-order valence-electron chi connectivity index (χ0n) is 14.3. The Kier molecular flexibility index (Phi) is 5.66. The average Bonchev–Trinajstić information content (AvgIpc) is 3.09. The Morgan fingerprint density at radius 3 is 3.04 bits per heavy atom. The lowest BCUT2D eigenvalue weighted by Crippen LogP contribution is -2.34. The van der Waals surface area contributed by atoms with Crippen molar-refractivity contribution < 1.29 is 14.3 Å². The van der Waals surface area contributed by atoms with Crippen LogP contribution in [0.5, 0.6) is 11.5 Å². The van der Waals surface area contributed by atoms with Crippen molar-refractivity contribution in [1.29, 1.82) is 0 Å². The van der Waals surface area contributed by atoms with Gasteiger partial charge in [0.15, 0.2) is 11.5 Å². The molecule has 132 valence electrons. The number of carbonyl (C=O) groups excluding carboxylic acids is 1. The van der Waals surface area contributed by atoms with Gasteiger partial charge in [-0.05, 0) is 54.1 Å². The summed E-state index contributed by atoms with van der Waals surface area (Å²) in [6.07, 6.45) is 4.27. The summed E-state index contributed by atoms with van der Waals surface area (Å²) in [6.45, 7) is 3.82. The molecule has 0 saturated heterocycles. The van der Waals surface area contributed by atoms with Gasteiger partial charge in [0.25, 0.3) is 0 Å². The van der Waals surface area contributed by atoms with Gasteiger partial charge in [0.2, 0.25) is 5.91 Å². The first-order valence-electron chi connectivity index (χ1n) is 8.15. The summed E-state index contributed by atoms with van der Waals surface area (Å²) in [6, 6.07) is 5.68. The first-order valence-corrected chi connectivity index (χ1v) is 9.40. The summed E-state index contributed by atoms with van der Waals surface area (Å²) < 4.78 is 10.8. The third kappa shape index (κ3) is 3.99. The van der Waals surface area contributed by atoms with Crippen molar-refractivity contribution in [3.8, 4) is 11.5 Å². The molecule has 0 aliphatic carbocycles. The van der Waals surface area contributed by atoms with Crippen LogP contribution in [-0.2, 0) is 17.8 Å². The van der Waals surface area contributed by atoms with Crippen LogP contribution in [0.4, 0.5) is 0 Å². The molecule has 2 aromatic rings. The predicted octanol–water partition coefficient (Wildman–Crippen LogP) is 4.41. The normalized spacial score (nSPS) is 13.8. The molecule has 0 unspecified atom stereocenters. The average molecular weight is 378 g/mol. The van der Waals surface area contributed by atoms with Crippen LogP contribution in [-0.4, -0.2) is 31.1 Å². The number of rotatable bonds is 5. The number of hydrogen-bond donors (Lipinski definition) is 0. The minimum absolute atomic E-state index is 0.000763. The molecule has 1 aromatic heterocycles. The first kappa shape index (κ1) is 17.8. The van der Waals surface area contributed by atoms with Crippen molar-refractivity contribution in [2.45, 2.75) is 19.9 Å². The number of halogens is 1. The molecule has 6 heteroatoms. The van der Waals surface area contributed by atoms with Gasteiger partial charge in [0.05, 0.1) is 18.7 Å². The molecule has 4 nitrogen and oxygen atoms in total. The maximum absolute atomic E-state index is 12.5. The van der Waals surface area contributed by atoms with Gasteiger partial charge >= 0.3 is 0 Å². The van der Waals surface area contributed by atoms with E-state index in [1.165, 1.54) is 10.4 Å². The Balaban J connectivity index is 1.73. The third-order valence-electron chi connectivity index (χ3n) is 4.08. The number of ether oxygens (including phenoxy) is 2. The number of carbonyl (C=O) groups is 1. The largest absolute Gasteiger partial charge is 0.493 e. The van der Waals surface area contributed by atoms with E-state index in [4.69, 9.17) is 21.1 Å². The second kappa shape index (κ2) is 7.93. The Hall–Kier alpha value is -1.98. The summed E-state index contributed by atoms with van der Waals surface area (Å²) in [5, 5.41) is 2.55. The number of thiophene rings is 1. The first-order chi connectivity index (χ1) is 12.1. The van der Waals surface area contributed by atoms with E-state index in [-0.39, 0.29) is 5.91 Å². The van der Waals surface area contributed by atoms with Crippen LogP contribution >= 0.6 is 22.9 Å². The highest BCUT2D eigenvalue weighted by Crippen LogP contribution is 2.36. The Morgan fingerprint density at radius 2 is 2.28 bits per heavy atom. The van der Waals surface area contributed by atoms with Gasteiger partial charge < -0.3 is 14.4 Å². The lowest BCUT2D eigenvalue weighted by atomic mass is 10.1. The molecule has 0 saturated carbocycles. The number of amides is 1. The summed E-state index contributed by atoms with van der Waals surface area (Å²) in [5.41, 5.74) is 2.05. The molecule has 1 aromatic carbocycles. The van der Waals surface area contributed by atoms with Crippen molar-refractivity contribution in [2.24, 2.45) is 0 Å². The molecule has 2 heterocycles. The summed E-state index contributed by atoms with van der Waals surface area (Å²) in [4.78, 5) is 15.7. The fourth-order valence-electron chi connectivity index (χ4n) is 2.83. The van der Waals surface area contributed by atoms with Crippen molar-refractivity contribution >= 4 is 34.9 Å². The lowest BCUT2D eigenvalue weighted by Gasteiger charge is -2.25. The highest BCUT2D eigenvalue weighted by molar-refractivity contribution is 7.10. The van der Waals surface area contributed by atoms with Crippen LogP contribution in [0.15, 0.2) is 29.7 Å². The molecule has 1 amide bonds. The molecule has 0 spiro atoms. The second-order valence-electron chi connectivity index (χ2n) is 5.68. The highest BCUT2D eigenvalue weighted by atomic mass is 35.5. The second-order valence-corrected chi connectivity index (χ2v) is 7.09. The fourth-order valence-corrected chi connectivity index (χ4v) is 3.99. The number of methoxy groups -OCH3 is 1. The summed E-state index contributed by atoms with van der Waals surface area (Å²) >= 11 is 8.03. The maximum Gasteiger partial charge on any atom is 0.246 e. The van der Waals surface area contributed by atoms with Crippen LogP contribution in [0, 0.1) is 0 Å². The number of benzene rings is 1. The molecule has 0 fully saturated rings. The Bertz CT molecular complexity index is 800. The molecule has 3 rings (SSSR count). The standard InChI is InChI=1S/C19H20ClNO3S/c1-3-24-19-15(20)10-13(11-16(19)23-2)4-5-18(22)21-8-6-17-14(12-21)7-9-25-17/h4-5,7,9-11H,3,6,8,12H2,1-2H3/b5-4+. The number of fused-ring (bicyclic) bond motifs is 1. The van der Waals surface area contributed by atoms with E-state index in [9.17, 15) is 4.79 Å². The van der Waals surface area contributed by atoms with Crippen LogP contribution in [0.25, 0.3) is 6.08 Å². The van der Waals surface area contributed by atoms with Gasteiger partial charge in [-0.15, -0.1) is 11.3 Å². The molecule has 0 atom stereocenters. The third-order valence-corrected chi connectivity index (χ3v) is 5.38. The van der Waals surface area contributed by atoms with E-state index >= 15 is 0 Å². The van der Waals surface area contributed by atoms with Crippen LogP contribution in [0.2, 0.25) is 5.02 Å². The van der Waals surface area contributed by atoms with E-state index in [0.717, 1.165) is 18.5 Å². The fraction of sp³-hybridized carbons (Fsp3) is 0.316. The predicted molar refractivity (Wildman–Crippen MR) is 102 cm³/mol. The van der Waals surface area contributed by atoms with Crippen LogP contribution < -0.4 is 9.47 Å². The van der Waals surface area contributed by atoms with Gasteiger partial charge in [-0.25, -0.2) is 0 Å². The SMILES string of the molecule is CCOc1c(Cl)cc(/C=C/C(=O)N2CCc3sccc3C2)cc1OC. The van der Waals surface area contributed by atoms with Crippen molar-refractivity contribution in [3.05, 3.63) is 50.7 Å². The van der Waals surface area contributed by atoms with Gasteiger partial charge in [-0.1, -0.05) is 11.6 Å². The zero-order chi connectivity index (χ0) is 17.8. The summed E-state index contributed by atoms with van der Waals surface area (Å²) in [7, 11) is 1.57. The van der Waals surface area contributed by atoms with Gasteiger partial charge in [0.1, 0.15) is 0 Å². The lowest BCUT2D eigenvalue weighted by molar-refractivity contribution is -0.126. The minimum atomic E-state index is 0.000763. The smallest absolute Gasteiger partial charge is 0.246 e. The molecular formula is C19H20ClNO3S. The van der Waals surface area contributed by atoms with Crippen LogP contribution in [0.3, 0.4) is 0 Å². The van der Waals surface area contributed by atoms with Crippen molar-refractivity contribution in [1.82, 2.24) is 4.90 Å². The Morgan fingerprint density at radius 1 is 1.44 bits per heavy atom. The van der Waals surface area contributed by atoms with E-state index in [1.807, 2.05) is 17.9 Å². The summed E-state index contributed by atoms with van der Waals surface area (Å²) in [5.74, 6) is 1.08. The molecule has 0 N–H and O–H groups in total. The molecular weight excluding hydrogens is 358 g/mol. The molecule has 1 aliphatic rings. The highest BCUT2D eigenvalue weighted by Gasteiger charge is 2.19. The monoisotopic (exact) mass is 377 g/mol. The van der Waals surface area contributed by atoms with E-state index < -0.39 is 0 Å². The van der Waals surface area contributed by atoms with E-state index in [0.29, 0.717) is 29.7 Å². The van der Waals surface area contributed by atoms with Crippen molar-refractivity contribution in [2.75, 3.05) is 20.3 Å². The van der Waals surface area contributed by atoms with Crippen LogP contribution in [0.1, 0.15) is 22.9 Å². The van der Waals surface area contributed by atoms with E-state index in [1.54, 1.807) is 36.7 Å². The van der Waals surface area contributed by atoms with Gasteiger partial charge in [-0.3, -0.25) is 4.79 Å². The van der Waals surface area contributed by atoms with E-state index in [2.05, 4.69) is 11.4 Å². The maximum atomic E-state index is 12.5. The van der Waals surface area contributed by atoms with Crippen molar-refractivity contribution in [3.63, 3.8) is 0 Å². The Labute approximate surface area is 156 Å². The quantitative estimate of drug-likeness (QED) is 0.724. The molecule has 25 heavy (non-hydrogen) atoms. The molecule has 0 radical (unpaired) electrons. The minimum Gasteiger partial charge on any atom is -0.493 e. The number of hydrogen-bond acceptors (Lipinski definition) is 4. The number of nitrogens with zero attached hydrogens (tertiary/aromatic N) is 1. The molecule has 1 aliphatic heterocycles. The van der Waals surface area contributed by atoms with Gasteiger partial charge in [-0.2, -0.15) is 0 Å². The zero-order valence-corrected chi connectivity index (χ0v) is 15.8. The topological polar surface area (TPSA) is 38.8 Å².